The molecule has 2 unspecified atom stereocenters. The van der Waals surface area contributed by atoms with Crippen molar-refractivity contribution in [1.29, 1.82) is 0 Å². The van der Waals surface area contributed by atoms with Crippen molar-refractivity contribution in [3.63, 3.8) is 0 Å². The first-order chi connectivity index (χ1) is 9.87. The molecule has 0 spiro atoms. The van der Waals surface area contributed by atoms with E-state index < -0.39 is 48.7 Å². The fourth-order valence-corrected chi connectivity index (χ4v) is 1.42. The fraction of sp³-hybridized carbons (Fsp3) is 1.00. The number of hydrogen-bond donors (Lipinski definition) is 2. The van der Waals surface area contributed by atoms with Crippen LogP contribution in [-0.4, -0.2) is 59.6 Å². The van der Waals surface area contributed by atoms with Gasteiger partial charge in [0.05, 0.1) is 0 Å². The van der Waals surface area contributed by atoms with E-state index in [1.807, 2.05) is 0 Å². The van der Waals surface area contributed by atoms with Crippen LogP contribution in [0.3, 0.4) is 0 Å². The standard InChI is InChI=1S/C9H9F11O3/c1-23-4(22)3(21)2-5(10,11)7(13,14)6(12,8(15,16)17)9(18,19)20/h3-4,21-22H,2H2,1H3. The Morgan fingerprint density at radius 2 is 1.13 bits per heavy atom. The second-order valence-corrected chi connectivity index (χ2v) is 4.33. The highest BCUT2D eigenvalue weighted by Crippen LogP contribution is 2.59. The molecule has 23 heavy (non-hydrogen) atoms. The summed E-state index contributed by atoms with van der Waals surface area (Å²) in [5.74, 6) is -13.7. The lowest BCUT2D eigenvalue weighted by Gasteiger charge is -2.40. The molecule has 0 amide bonds. The largest absolute Gasteiger partial charge is 0.438 e. The minimum atomic E-state index is -7.59. The number of aliphatic hydroxyl groups excluding tert-OH is 2. The number of hydrogen-bond acceptors (Lipinski definition) is 3. The van der Waals surface area contributed by atoms with Crippen LogP contribution in [0.5, 0.6) is 0 Å². The summed E-state index contributed by atoms with van der Waals surface area (Å²) in [5.41, 5.74) is -7.59. The summed E-state index contributed by atoms with van der Waals surface area (Å²) in [6, 6.07) is 0. The third-order valence-corrected chi connectivity index (χ3v) is 2.71. The molecule has 2 atom stereocenters. The maximum absolute atomic E-state index is 13.2. The maximum atomic E-state index is 13.2. The Bertz CT molecular complexity index is 389. The van der Waals surface area contributed by atoms with E-state index in [9.17, 15) is 48.3 Å². The average molecular weight is 374 g/mol. The molecule has 0 aromatic rings. The van der Waals surface area contributed by atoms with E-state index in [1.165, 1.54) is 0 Å². The molecule has 0 bridgehead atoms. The van der Waals surface area contributed by atoms with Crippen LogP contribution in [0.1, 0.15) is 6.42 Å². The monoisotopic (exact) mass is 374 g/mol. The van der Waals surface area contributed by atoms with E-state index in [0.29, 0.717) is 7.11 Å². The first kappa shape index (κ1) is 22.1. The summed E-state index contributed by atoms with van der Waals surface area (Å²) in [4.78, 5) is 0. The van der Waals surface area contributed by atoms with Crippen molar-refractivity contribution in [3.05, 3.63) is 0 Å². The normalized spacial score (nSPS) is 18.0. The number of methoxy groups -OCH3 is 1. The van der Waals surface area contributed by atoms with Gasteiger partial charge in [-0.1, -0.05) is 0 Å². The topological polar surface area (TPSA) is 49.7 Å². The van der Waals surface area contributed by atoms with Gasteiger partial charge in [-0.3, -0.25) is 0 Å². The molecule has 0 saturated heterocycles. The first-order valence-electron chi connectivity index (χ1n) is 5.33. The van der Waals surface area contributed by atoms with Crippen molar-refractivity contribution < 1.29 is 63.2 Å². The molecular weight excluding hydrogens is 365 g/mol. The van der Waals surface area contributed by atoms with Crippen LogP contribution in [0.15, 0.2) is 0 Å². The van der Waals surface area contributed by atoms with Crippen molar-refractivity contribution in [2.45, 2.75) is 48.7 Å². The predicted molar refractivity (Wildman–Crippen MR) is 49.5 cm³/mol. The lowest BCUT2D eigenvalue weighted by atomic mass is 9.88. The average Bonchev–Trinajstić information content (AvgIpc) is 2.32. The third kappa shape index (κ3) is 3.63. The Morgan fingerprint density at radius 1 is 0.783 bits per heavy atom. The van der Waals surface area contributed by atoms with Gasteiger partial charge in [0.25, 0.3) is 0 Å². The molecule has 140 valence electrons. The highest BCUT2D eigenvalue weighted by Gasteiger charge is 2.89. The van der Waals surface area contributed by atoms with Crippen LogP contribution in [0.4, 0.5) is 48.3 Å². The fourth-order valence-electron chi connectivity index (χ4n) is 1.42. The van der Waals surface area contributed by atoms with E-state index in [-0.39, 0.29) is 0 Å². The molecule has 0 heterocycles. The van der Waals surface area contributed by atoms with Crippen LogP contribution >= 0.6 is 0 Å². The Labute approximate surface area is 120 Å². The molecule has 0 aromatic carbocycles. The van der Waals surface area contributed by atoms with Gasteiger partial charge in [0.1, 0.15) is 6.10 Å². The molecule has 0 rings (SSSR count). The van der Waals surface area contributed by atoms with Gasteiger partial charge >= 0.3 is 29.9 Å². The molecule has 3 nitrogen and oxygen atoms in total. The molecule has 0 aliphatic rings. The second-order valence-electron chi connectivity index (χ2n) is 4.33. The van der Waals surface area contributed by atoms with Gasteiger partial charge < -0.3 is 14.9 Å². The lowest BCUT2D eigenvalue weighted by molar-refractivity contribution is -0.428. The number of alkyl halides is 11. The number of aliphatic hydroxyl groups is 2. The van der Waals surface area contributed by atoms with Crippen LogP contribution in [0.25, 0.3) is 0 Å². The quantitative estimate of drug-likeness (QED) is 0.556. The van der Waals surface area contributed by atoms with E-state index in [0.717, 1.165) is 0 Å². The van der Waals surface area contributed by atoms with Crippen molar-refractivity contribution >= 4 is 0 Å². The van der Waals surface area contributed by atoms with Gasteiger partial charge in [0.2, 0.25) is 0 Å². The summed E-state index contributed by atoms with van der Waals surface area (Å²) >= 11 is 0. The summed E-state index contributed by atoms with van der Waals surface area (Å²) in [5, 5.41) is 17.5. The first-order valence-corrected chi connectivity index (χ1v) is 5.33. The zero-order valence-electron chi connectivity index (χ0n) is 10.8. The highest BCUT2D eigenvalue weighted by molar-refractivity contribution is 5.11. The lowest BCUT2D eigenvalue weighted by Crippen LogP contribution is -2.70. The third-order valence-electron chi connectivity index (χ3n) is 2.71. The molecule has 14 heteroatoms. The van der Waals surface area contributed by atoms with Crippen LogP contribution in [0, 0.1) is 0 Å². The van der Waals surface area contributed by atoms with Crippen LogP contribution in [0.2, 0.25) is 0 Å². The minimum absolute atomic E-state index is 0.551. The summed E-state index contributed by atoms with van der Waals surface area (Å²) in [6.45, 7) is 0. The molecule has 0 aliphatic heterocycles. The Balaban J connectivity index is 5.98. The van der Waals surface area contributed by atoms with Crippen molar-refractivity contribution in [1.82, 2.24) is 0 Å². The molecule has 2 N–H and O–H groups in total. The van der Waals surface area contributed by atoms with Gasteiger partial charge in [0, 0.05) is 13.5 Å². The number of rotatable bonds is 6. The van der Waals surface area contributed by atoms with Gasteiger partial charge in [-0.2, -0.15) is 43.9 Å². The predicted octanol–water partition coefficient (Wildman–Crippen LogP) is 2.81. The Kier molecular flexibility index (Phi) is 5.96. The van der Waals surface area contributed by atoms with E-state index in [1.54, 1.807) is 0 Å². The van der Waals surface area contributed by atoms with Crippen molar-refractivity contribution in [2.75, 3.05) is 7.11 Å². The van der Waals surface area contributed by atoms with Gasteiger partial charge in [-0.05, 0) is 0 Å². The SMILES string of the molecule is COC(O)C(O)CC(F)(F)C(F)(F)C(F)(C(F)(F)F)C(F)(F)F. The number of ether oxygens (including phenoxy) is 1. The summed E-state index contributed by atoms with van der Waals surface area (Å²) < 4.78 is 143. The van der Waals surface area contributed by atoms with Gasteiger partial charge in [-0.15, -0.1) is 0 Å². The van der Waals surface area contributed by atoms with Crippen LogP contribution < -0.4 is 0 Å². The summed E-state index contributed by atoms with van der Waals surface area (Å²) in [7, 11) is 0.551. The minimum Gasteiger partial charge on any atom is -0.388 e. The Hall–Kier alpha value is -0.890. The highest BCUT2D eigenvalue weighted by atomic mass is 19.4. The molecule has 0 fully saturated rings. The van der Waals surface area contributed by atoms with Crippen LogP contribution in [-0.2, 0) is 4.74 Å². The molecular formula is C9H9F11O3. The smallest absolute Gasteiger partial charge is 0.388 e. The zero-order valence-corrected chi connectivity index (χ0v) is 10.8. The van der Waals surface area contributed by atoms with E-state index in [2.05, 4.69) is 4.74 Å². The Morgan fingerprint density at radius 3 is 1.39 bits per heavy atom. The van der Waals surface area contributed by atoms with E-state index in [4.69, 9.17) is 10.2 Å². The molecule has 0 radical (unpaired) electrons. The van der Waals surface area contributed by atoms with Crippen molar-refractivity contribution in [3.8, 4) is 0 Å². The van der Waals surface area contributed by atoms with Crippen molar-refractivity contribution in [2.24, 2.45) is 0 Å². The second kappa shape index (κ2) is 6.20. The van der Waals surface area contributed by atoms with E-state index >= 15 is 0 Å². The summed E-state index contributed by atoms with van der Waals surface area (Å²) in [6.07, 6.45) is -23.4. The number of halogens is 11. The zero-order chi connectivity index (χ0) is 19.1. The maximum Gasteiger partial charge on any atom is 0.438 e. The molecule has 0 saturated carbocycles. The molecule has 0 aliphatic carbocycles. The molecule has 0 aromatic heterocycles. The van der Waals surface area contributed by atoms with Gasteiger partial charge in [0.15, 0.2) is 6.29 Å². The van der Waals surface area contributed by atoms with Gasteiger partial charge in [-0.25, -0.2) is 4.39 Å².